The van der Waals surface area contributed by atoms with Crippen LogP contribution >= 0.6 is 11.3 Å². The lowest BCUT2D eigenvalue weighted by Crippen LogP contribution is -2.45. The summed E-state index contributed by atoms with van der Waals surface area (Å²) >= 11 is 1.72. The third-order valence-electron chi connectivity index (χ3n) is 4.47. The maximum atomic E-state index is 12.2. The van der Waals surface area contributed by atoms with E-state index in [1.54, 1.807) is 11.3 Å². The number of hydrogen-bond acceptors (Lipinski definition) is 3. The second kappa shape index (κ2) is 6.49. The van der Waals surface area contributed by atoms with Gasteiger partial charge in [-0.2, -0.15) is 0 Å². The van der Waals surface area contributed by atoms with Gasteiger partial charge in [-0.15, -0.1) is 11.3 Å². The SMILES string of the molecule is CC(C)(C)N1CCC(NC(=O)NCc2cccc3ccsc23)C1. The van der Waals surface area contributed by atoms with Crippen LogP contribution in [-0.2, 0) is 6.54 Å². The molecule has 5 heteroatoms. The van der Waals surface area contributed by atoms with E-state index in [4.69, 9.17) is 0 Å². The van der Waals surface area contributed by atoms with Gasteiger partial charge in [-0.25, -0.2) is 4.79 Å². The highest BCUT2D eigenvalue weighted by Crippen LogP contribution is 2.24. The number of likely N-dealkylation sites (tertiary alicyclic amines) is 1. The van der Waals surface area contributed by atoms with Crippen LogP contribution in [0.5, 0.6) is 0 Å². The summed E-state index contributed by atoms with van der Waals surface area (Å²) in [5, 5.41) is 9.44. The second-order valence-corrected chi connectivity index (χ2v) is 8.10. The molecule has 0 spiro atoms. The minimum Gasteiger partial charge on any atom is -0.334 e. The minimum absolute atomic E-state index is 0.0701. The number of urea groups is 1. The Morgan fingerprint density at radius 2 is 2.17 bits per heavy atom. The van der Waals surface area contributed by atoms with Crippen molar-refractivity contribution in [3.63, 3.8) is 0 Å². The molecular formula is C18H25N3OS. The number of hydrogen-bond donors (Lipinski definition) is 2. The third kappa shape index (κ3) is 3.85. The molecule has 0 aliphatic carbocycles. The predicted octanol–water partition coefficient (Wildman–Crippen LogP) is 3.57. The van der Waals surface area contributed by atoms with Crippen LogP contribution in [0.3, 0.4) is 0 Å². The molecule has 3 rings (SSSR count). The highest BCUT2D eigenvalue weighted by atomic mass is 32.1. The molecule has 0 bridgehead atoms. The van der Waals surface area contributed by atoms with Crippen LogP contribution in [-0.4, -0.2) is 35.6 Å². The molecule has 1 atom stereocenters. The van der Waals surface area contributed by atoms with Crippen molar-refractivity contribution in [2.24, 2.45) is 0 Å². The molecule has 1 fully saturated rings. The number of nitrogens with zero attached hydrogens (tertiary/aromatic N) is 1. The Hall–Kier alpha value is -1.59. The zero-order valence-corrected chi connectivity index (χ0v) is 14.9. The number of fused-ring (bicyclic) bond motifs is 1. The maximum absolute atomic E-state index is 12.2. The second-order valence-electron chi connectivity index (χ2n) is 7.19. The number of rotatable bonds is 3. The molecule has 1 aliphatic rings. The van der Waals surface area contributed by atoms with E-state index in [1.165, 1.54) is 15.6 Å². The Morgan fingerprint density at radius 1 is 1.35 bits per heavy atom. The Bertz CT molecular complexity index is 689. The van der Waals surface area contributed by atoms with Gasteiger partial charge in [0.05, 0.1) is 0 Å². The minimum atomic E-state index is -0.0701. The fraction of sp³-hybridized carbons (Fsp3) is 0.500. The first-order valence-corrected chi connectivity index (χ1v) is 9.06. The molecule has 2 N–H and O–H groups in total. The molecule has 2 heterocycles. The van der Waals surface area contributed by atoms with Crippen molar-refractivity contribution in [2.75, 3.05) is 13.1 Å². The molecule has 2 amide bonds. The molecule has 4 nitrogen and oxygen atoms in total. The van der Waals surface area contributed by atoms with Crippen molar-refractivity contribution < 1.29 is 4.79 Å². The van der Waals surface area contributed by atoms with Crippen LogP contribution in [0.15, 0.2) is 29.6 Å². The van der Waals surface area contributed by atoms with E-state index in [9.17, 15) is 4.79 Å². The van der Waals surface area contributed by atoms with Crippen molar-refractivity contribution in [1.82, 2.24) is 15.5 Å². The highest BCUT2D eigenvalue weighted by Gasteiger charge is 2.30. The number of nitrogens with one attached hydrogen (secondary N) is 2. The standard InChI is InChI=1S/C18H25N3OS/c1-18(2,3)21-9-7-15(12-21)20-17(22)19-11-14-6-4-5-13-8-10-23-16(13)14/h4-6,8,10,15H,7,9,11-12H2,1-3H3,(H2,19,20,22). The predicted molar refractivity (Wildman–Crippen MR) is 96.9 cm³/mol. The van der Waals surface area contributed by atoms with Gasteiger partial charge in [-0.1, -0.05) is 18.2 Å². The van der Waals surface area contributed by atoms with Crippen molar-refractivity contribution in [3.8, 4) is 0 Å². The zero-order valence-electron chi connectivity index (χ0n) is 14.1. The summed E-state index contributed by atoms with van der Waals surface area (Å²) in [4.78, 5) is 14.6. The van der Waals surface area contributed by atoms with E-state index in [2.05, 4.69) is 59.9 Å². The average molecular weight is 331 g/mol. The van der Waals surface area contributed by atoms with Gasteiger partial charge in [-0.05, 0) is 49.6 Å². The first-order valence-electron chi connectivity index (χ1n) is 8.18. The molecule has 1 aliphatic heterocycles. The summed E-state index contributed by atoms with van der Waals surface area (Å²) in [6.07, 6.45) is 1.02. The third-order valence-corrected chi connectivity index (χ3v) is 5.48. The Kier molecular flexibility index (Phi) is 4.60. The van der Waals surface area contributed by atoms with Crippen LogP contribution < -0.4 is 10.6 Å². The molecule has 1 aromatic carbocycles. The Labute approximate surface area is 141 Å². The maximum Gasteiger partial charge on any atom is 0.315 e. The van der Waals surface area contributed by atoms with Crippen LogP contribution in [0.2, 0.25) is 0 Å². The van der Waals surface area contributed by atoms with Crippen molar-refractivity contribution >= 4 is 27.5 Å². The average Bonchev–Trinajstić information content (AvgIpc) is 3.13. The lowest BCUT2D eigenvalue weighted by Gasteiger charge is -2.31. The molecule has 1 saturated heterocycles. The highest BCUT2D eigenvalue weighted by molar-refractivity contribution is 7.17. The van der Waals surface area contributed by atoms with E-state index in [0.717, 1.165) is 19.5 Å². The molecule has 124 valence electrons. The fourth-order valence-corrected chi connectivity index (χ4v) is 4.01. The van der Waals surface area contributed by atoms with Gasteiger partial charge in [0, 0.05) is 35.9 Å². The van der Waals surface area contributed by atoms with Gasteiger partial charge in [0.15, 0.2) is 0 Å². The van der Waals surface area contributed by atoms with E-state index in [-0.39, 0.29) is 17.6 Å². The number of amides is 2. The summed E-state index contributed by atoms with van der Waals surface area (Å²) in [7, 11) is 0. The van der Waals surface area contributed by atoms with Gasteiger partial charge in [0.25, 0.3) is 0 Å². The molecule has 0 radical (unpaired) electrons. The summed E-state index contributed by atoms with van der Waals surface area (Å²) < 4.78 is 1.26. The van der Waals surface area contributed by atoms with E-state index in [1.807, 2.05) is 6.07 Å². The normalized spacial score (nSPS) is 19.2. The quantitative estimate of drug-likeness (QED) is 0.903. The first-order chi connectivity index (χ1) is 10.9. The largest absolute Gasteiger partial charge is 0.334 e. The first kappa shape index (κ1) is 16.3. The summed E-state index contributed by atoms with van der Waals surface area (Å²) in [6.45, 7) is 9.20. The van der Waals surface area contributed by atoms with Gasteiger partial charge in [0.2, 0.25) is 0 Å². The van der Waals surface area contributed by atoms with Gasteiger partial charge in [-0.3, -0.25) is 4.90 Å². The Morgan fingerprint density at radius 3 is 2.91 bits per heavy atom. The molecule has 1 aromatic heterocycles. The Balaban J connectivity index is 1.52. The summed E-state index contributed by atoms with van der Waals surface area (Å²) in [6, 6.07) is 8.52. The summed E-state index contributed by atoms with van der Waals surface area (Å²) in [5.41, 5.74) is 1.34. The fourth-order valence-electron chi connectivity index (χ4n) is 3.09. The smallest absolute Gasteiger partial charge is 0.315 e. The van der Waals surface area contributed by atoms with E-state index in [0.29, 0.717) is 6.54 Å². The van der Waals surface area contributed by atoms with Gasteiger partial charge < -0.3 is 10.6 Å². The summed E-state index contributed by atoms with van der Waals surface area (Å²) in [5.74, 6) is 0. The molecule has 2 aromatic rings. The topological polar surface area (TPSA) is 44.4 Å². The van der Waals surface area contributed by atoms with E-state index >= 15 is 0 Å². The number of thiophene rings is 1. The monoisotopic (exact) mass is 331 g/mol. The van der Waals surface area contributed by atoms with Crippen LogP contribution in [0.4, 0.5) is 4.79 Å². The van der Waals surface area contributed by atoms with Crippen molar-refractivity contribution in [2.45, 2.75) is 45.3 Å². The zero-order chi connectivity index (χ0) is 16.4. The molecule has 1 unspecified atom stereocenters. The van der Waals surface area contributed by atoms with Crippen LogP contribution in [0, 0.1) is 0 Å². The number of benzene rings is 1. The molecule has 0 saturated carbocycles. The number of carbonyl (C=O) groups is 1. The lowest BCUT2D eigenvalue weighted by atomic mass is 10.1. The van der Waals surface area contributed by atoms with Crippen LogP contribution in [0.1, 0.15) is 32.8 Å². The van der Waals surface area contributed by atoms with Gasteiger partial charge in [0.1, 0.15) is 0 Å². The van der Waals surface area contributed by atoms with Crippen LogP contribution in [0.25, 0.3) is 10.1 Å². The molecular weight excluding hydrogens is 306 g/mol. The lowest BCUT2D eigenvalue weighted by molar-refractivity contribution is 0.170. The molecule has 23 heavy (non-hydrogen) atoms. The van der Waals surface area contributed by atoms with E-state index < -0.39 is 0 Å². The van der Waals surface area contributed by atoms with Crippen molar-refractivity contribution in [3.05, 3.63) is 35.2 Å². The number of carbonyl (C=O) groups excluding carboxylic acids is 1. The van der Waals surface area contributed by atoms with Crippen molar-refractivity contribution in [1.29, 1.82) is 0 Å². The van der Waals surface area contributed by atoms with Gasteiger partial charge >= 0.3 is 6.03 Å².